The molecule has 1 aromatic rings. The van der Waals surface area contributed by atoms with Gasteiger partial charge in [-0.1, -0.05) is 6.92 Å². The van der Waals surface area contributed by atoms with Crippen LogP contribution >= 0.6 is 0 Å². The number of rotatable bonds is 5. The smallest absolute Gasteiger partial charge is 0.293 e. The van der Waals surface area contributed by atoms with Gasteiger partial charge in [0.15, 0.2) is 0 Å². The van der Waals surface area contributed by atoms with Crippen molar-refractivity contribution in [3.8, 4) is 0 Å². The van der Waals surface area contributed by atoms with Gasteiger partial charge in [0.1, 0.15) is 5.69 Å². The Kier molecular flexibility index (Phi) is 5.20. The summed E-state index contributed by atoms with van der Waals surface area (Å²) in [5, 5.41) is 14.3. The number of amides is 1. The Bertz CT molecular complexity index is 595. The summed E-state index contributed by atoms with van der Waals surface area (Å²) in [6, 6.07) is 4.64. The fourth-order valence-electron chi connectivity index (χ4n) is 2.35. The molecule has 1 aliphatic heterocycles. The molecule has 2 rings (SSSR count). The number of ether oxygens (including phenoxy) is 1. The Morgan fingerprint density at radius 1 is 1.39 bits per heavy atom. The summed E-state index contributed by atoms with van der Waals surface area (Å²) in [5.41, 5.74) is 0.433. The van der Waals surface area contributed by atoms with Crippen molar-refractivity contribution in [3.63, 3.8) is 0 Å². The Morgan fingerprint density at radius 2 is 2.04 bits per heavy atom. The van der Waals surface area contributed by atoms with E-state index in [0.29, 0.717) is 37.6 Å². The summed E-state index contributed by atoms with van der Waals surface area (Å²) in [5.74, 6) is -0.298. The number of nitrogens with one attached hydrogen (secondary N) is 1. The molecule has 1 fully saturated rings. The summed E-state index contributed by atoms with van der Waals surface area (Å²) in [4.78, 5) is 25.2. The Balaban J connectivity index is 2.28. The van der Waals surface area contributed by atoms with Crippen molar-refractivity contribution in [3.05, 3.63) is 33.9 Å². The molecule has 1 heterocycles. The minimum Gasteiger partial charge on any atom is -0.378 e. The molecule has 0 unspecified atom stereocenters. The van der Waals surface area contributed by atoms with Gasteiger partial charge in [-0.05, 0) is 32.4 Å². The van der Waals surface area contributed by atoms with Crippen molar-refractivity contribution in [2.45, 2.75) is 32.7 Å². The molecule has 1 N–H and O–H groups in total. The van der Waals surface area contributed by atoms with Gasteiger partial charge in [0.05, 0.1) is 18.1 Å². The Labute approximate surface area is 135 Å². The van der Waals surface area contributed by atoms with Crippen LogP contribution in [0.1, 0.15) is 37.6 Å². The highest BCUT2D eigenvalue weighted by Gasteiger charge is 2.25. The number of nitro benzene ring substituents is 1. The highest BCUT2D eigenvalue weighted by molar-refractivity contribution is 5.96. The van der Waals surface area contributed by atoms with Crippen molar-refractivity contribution < 1.29 is 14.5 Å². The van der Waals surface area contributed by atoms with Crippen molar-refractivity contribution in [1.29, 1.82) is 0 Å². The predicted molar refractivity (Wildman–Crippen MR) is 88.0 cm³/mol. The lowest BCUT2D eigenvalue weighted by Crippen LogP contribution is -2.42. The molecule has 0 spiro atoms. The standard InChI is InChI=1S/C16H23N3O4/c1-4-16(2,3)17-15(20)12-5-6-13(14(11-12)19(21)22)18-7-9-23-10-8-18/h5-6,11H,4,7-10H2,1-3H3,(H,17,20). The van der Waals surface area contributed by atoms with E-state index < -0.39 is 4.92 Å². The molecule has 1 amide bonds. The maximum absolute atomic E-state index is 12.3. The average Bonchev–Trinajstić information content (AvgIpc) is 2.54. The van der Waals surface area contributed by atoms with Crippen LogP contribution in [0, 0.1) is 10.1 Å². The molecule has 0 aromatic heterocycles. The molecule has 7 heteroatoms. The average molecular weight is 321 g/mol. The van der Waals surface area contributed by atoms with Gasteiger partial charge < -0.3 is 15.0 Å². The molecule has 1 aliphatic rings. The normalized spacial score (nSPS) is 15.3. The maximum atomic E-state index is 12.3. The second-order valence-electron chi connectivity index (χ2n) is 6.25. The van der Waals surface area contributed by atoms with Gasteiger partial charge in [0, 0.05) is 30.3 Å². The summed E-state index contributed by atoms with van der Waals surface area (Å²) < 4.78 is 5.28. The SMILES string of the molecule is CCC(C)(C)NC(=O)c1ccc(N2CCOCC2)c([N+](=O)[O-])c1. The first-order chi connectivity index (χ1) is 10.8. The number of nitro groups is 1. The zero-order valence-corrected chi connectivity index (χ0v) is 13.8. The van der Waals surface area contributed by atoms with Crippen molar-refractivity contribution >= 4 is 17.3 Å². The molecule has 1 aromatic carbocycles. The quantitative estimate of drug-likeness (QED) is 0.664. The van der Waals surface area contributed by atoms with E-state index in [-0.39, 0.29) is 17.1 Å². The molecule has 0 saturated carbocycles. The largest absolute Gasteiger partial charge is 0.378 e. The lowest BCUT2D eigenvalue weighted by atomic mass is 10.0. The molecule has 0 bridgehead atoms. The monoisotopic (exact) mass is 321 g/mol. The summed E-state index contributed by atoms with van der Waals surface area (Å²) >= 11 is 0. The van der Waals surface area contributed by atoms with Gasteiger partial charge in [-0.15, -0.1) is 0 Å². The Morgan fingerprint density at radius 3 is 2.61 bits per heavy atom. The van der Waals surface area contributed by atoms with E-state index in [1.54, 1.807) is 12.1 Å². The Hall–Kier alpha value is -2.15. The molecule has 7 nitrogen and oxygen atoms in total. The highest BCUT2D eigenvalue weighted by Crippen LogP contribution is 2.30. The second-order valence-corrected chi connectivity index (χ2v) is 6.25. The molecule has 1 saturated heterocycles. The first kappa shape index (κ1) is 17.2. The third kappa shape index (κ3) is 4.19. The summed E-state index contributed by atoms with van der Waals surface area (Å²) in [6.07, 6.45) is 0.771. The first-order valence-corrected chi connectivity index (χ1v) is 7.77. The van der Waals surface area contributed by atoms with Crippen LogP contribution in [0.3, 0.4) is 0 Å². The van der Waals surface area contributed by atoms with Crippen LogP contribution in [0.2, 0.25) is 0 Å². The number of carbonyl (C=O) groups excluding carboxylic acids is 1. The van der Waals surface area contributed by atoms with E-state index in [9.17, 15) is 14.9 Å². The van der Waals surface area contributed by atoms with Gasteiger partial charge in [-0.3, -0.25) is 14.9 Å². The van der Waals surface area contributed by atoms with Gasteiger partial charge in [0.25, 0.3) is 11.6 Å². The third-order valence-electron chi connectivity index (χ3n) is 4.12. The number of anilines is 1. The molecular weight excluding hydrogens is 298 g/mol. The third-order valence-corrected chi connectivity index (χ3v) is 4.12. The molecule has 0 aliphatic carbocycles. The highest BCUT2D eigenvalue weighted by atomic mass is 16.6. The topological polar surface area (TPSA) is 84.7 Å². The molecule has 0 radical (unpaired) electrons. The lowest BCUT2D eigenvalue weighted by molar-refractivity contribution is -0.384. The van der Waals surface area contributed by atoms with Gasteiger partial charge in [-0.2, -0.15) is 0 Å². The second kappa shape index (κ2) is 6.95. The van der Waals surface area contributed by atoms with Gasteiger partial charge in [0.2, 0.25) is 0 Å². The van der Waals surface area contributed by atoms with Crippen LogP contribution in [-0.2, 0) is 4.74 Å². The van der Waals surface area contributed by atoms with Crippen molar-refractivity contribution in [2.24, 2.45) is 0 Å². The predicted octanol–water partition coefficient (Wildman–Crippen LogP) is 2.35. The van der Waals surface area contributed by atoms with Crippen LogP contribution < -0.4 is 10.2 Å². The summed E-state index contributed by atoms with van der Waals surface area (Å²) in [7, 11) is 0. The van der Waals surface area contributed by atoms with Gasteiger partial charge in [-0.25, -0.2) is 0 Å². The molecule has 126 valence electrons. The zero-order valence-electron chi connectivity index (χ0n) is 13.8. The molecule has 0 atom stereocenters. The van der Waals surface area contributed by atoms with E-state index in [4.69, 9.17) is 4.74 Å². The van der Waals surface area contributed by atoms with Crippen molar-refractivity contribution in [2.75, 3.05) is 31.2 Å². The van der Waals surface area contributed by atoms with Crippen LogP contribution in [0.15, 0.2) is 18.2 Å². The van der Waals surface area contributed by atoms with Gasteiger partial charge >= 0.3 is 0 Å². The van der Waals surface area contributed by atoms with Crippen LogP contribution in [0.4, 0.5) is 11.4 Å². The molecule has 23 heavy (non-hydrogen) atoms. The number of hydrogen-bond donors (Lipinski definition) is 1. The number of hydrogen-bond acceptors (Lipinski definition) is 5. The number of nitrogens with zero attached hydrogens (tertiary/aromatic N) is 2. The maximum Gasteiger partial charge on any atom is 0.293 e. The van der Waals surface area contributed by atoms with Crippen LogP contribution in [0.25, 0.3) is 0 Å². The number of carbonyl (C=O) groups is 1. The number of morpholine rings is 1. The van der Waals surface area contributed by atoms with Crippen molar-refractivity contribution in [1.82, 2.24) is 5.32 Å². The van der Waals surface area contributed by atoms with E-state index in [0.717, 1.165) is 6.42 Å². The fourth-order valence-corrected chi connectivity index (χ4v) is 2.35. The van der Waals surface area contributed by atoms with E-state index in [2.05, 4.69) is 5.32 Å². The molecular formula is C16H23N3O4. The fraction of sp³-hybridized carbons (Fsp3) is 0.562. The minimum atomic E-state index is -0.438. The van der Waals surface area contributed by atoms with E-state index in [1.807, 2.05) is 25.7 Å². The lowest BCUT2D eigenvalue weighted by Gasteiger charge is -2.28. The minimum absolute atomic E-state index is 0.0474. The summed E-state index contributed by atoms with van der Waals surface area (Å²) in [6.45, 7) is 8.12. The van der Waals surface area contributed by atoms with Crippen LogP contribution in [-0.4, -0.2) is 42.7 Å². The first-order valence-electron chi connectivity index (χ1n) is 7.77. The zero-order chi connectivity index (χ0) is 17.0. The number of benzene rings is 1. The van der Waals surface area contributed by atoms with E-state index >= 15 is 0 Å². The van der Waals surface area contributed by atoms with E-state index in [1.165, 1.54) is 6.07 Å². The van der Waals surface area contributed by atoms with Crippen LogP contribution in [0.5, 0.6) is 0 Å².